The molecular weight excluding hydrogens is 334 g/mol. The molecule has 4 nitrogen and oxygen atoms in total. The Morgan fingerprint density at radius 3 is 1.96 bits per heavy atom. The summed E-state index contributed by atoms with van der Waals surface area (Å²) < 4.78 is 0. The number of amides is 1. The minimum Gasteiger partial charge on any atom is -0.343 e. The lowest BCUT2D eigenvalue weighted by molar-refractivity contribution is -0.135. The van der Waals surface area contributed by atoms with E-state index in [1.807, 2.05) is 66.4 Å². The van der Waals surface area contributed by atoms with Crippen LogP contribution in [-0.2, 0) is 4.79 Å². The number of hydrogen-bond acceptors (Lipinski definition) is 3. The molecule has 2 heterocycles. The van der Waals surface area contributed by atoms with E-state index in [2.05, 4.69) is 48.3 Å². The molecule has 1 aromatic carbocycles. The van der Waals surface area contributed by atoms with E-state index in [9.17, 15) is 4.79 Å². The largest absolute Gasteiger partial charge is 0.343 e. The minimum atomic E-state index is -0.0357. The van der Waals surface area contributed by atoms with Crippen LogP contribution in [0.2, 0.25) is 0 Å². The topological polar surface area (TPSA) is 35.6 Å². The Balaban J connectivity index is 0.00000103. The summed E-state index contributed by atoms with van der Waals surface area (Å²) in [6.07, 6.45) is -0.0357. The first-order valence-corrected chi connectivity index (χ1v) is 10.6. The average molecular weight is 376 g/mol. The van der Waals surface area contributed by atoms with Gasteiger partial charge in [0.05, 0.1) is 12.1 Å². The van der Waals surface area contributed by atoms with E-state index in [1.165, 1.54) is 5.56 Å². The van der Waals surface area contributed by atoms with Crippen LogP contribution >= 0.6 is 0 Å². The SMILES string of the molecule is CC.CC.CC.CCN1C(C)=C(C)C(=O)N2C(C)C(c3ccccc3)NC12. The lowest BCUT2D eigenvalue weighted by atomic mass is 10.0. The molecule has 0 radical (unpaired) electrons. The van der Waals surface area contributed by atoms with Gasteiger partial charge in [-0.2, -0.15) is 0 Å². The molecule has 27 heavy (non-hydrogen) atoms. The lowest BCUT2D eigenvalue weighted by Gasteiger charge is -2.42. The van der Waals surface area contributed by atoms with Crippen molar-refractivity contribution in [2.45, 2.75) is 87.6 Å². The first-order chi connectivity index (χ1) is 13.1. The first-order valence-electron chi connectivity index (χ1n) is 10.6. The van der Waals surface area contributed by atoms with E-state index in [0.717, 1.165) is 17.8 Å². The van der Waals surface area contributed by atoms with Gasteiger partial charge in [-0.15, -0.1) is 0 Å². The predicted molar refractivity (Wildman–Crippen MR) is 117 cm³/mol. The van der Waals surface area contributed by atoms with Crippen LogP contribution in [0.25, 0.3) is 0 Å². The van der Waals surface area contributed by atoms with E-state index < -0.39 is 0 Å². The molecule has 3 atom stereocenters. The quantitative estimate of drug-likeness (QED) is 0.737. The Morgan fingerprint density at radius 2 is 1.48 bits per heavy atom. The Kier molecular flexibility index (Phi) is 11.7. The van der Waals surface area contributed by atoms with Crippen molar-refractivity contribution in [3.05, 3.63) is 47.2 Å². The number of fused-ring (bicyclic) bond motifs is 1. The number of nitrogens with zero attached hydrogens (tertiary/aromatic N) is 2. The monoisotopic (exact) mass is 375 g/mol. The number of allylic oxidation sites excluding steroid dienone is 1. The van der Waals surface area contributed by atoms with E-state index in [-0.39, 0.29) is 24.3 Å². The second kappa shape index (κ2) is 12.6. The summed E-state index contributed by atoms with van der Waals surface area (Å²) in [5.41, 5.74) is 3.17. The maximum Gasteiger partial charge on any atom is 0.254 e. The van der Waals surface area contributed by atoms with Gasteiger partial charge in [0.25, 0.3) is 5.91 Å². The van der Waals surface area contributed by atoms with Gasteiger partial charge in [0.1, 0.15) is 0 Å². The third kappa shape index (κ3) is 5.13. The molecule has 2 aliphatic rings. The summed E-state index contributed by atoms with van der Waals surface area (Å²) in [6.45, 7) is 21.1. The van der Waals surface area contributed by atoms with Crippen LogP contribution < -0.4 is 5.32 Å². The summed E-state index contributed by atoms with van der Waals surface area (Å²) in [6, 6.07) is 10.7. The highest BCUT2D eigenvalue weighted by molar-refractivity contribution is 5.95. The van der Waals surface area contributed by atoms with Crippen molar-refractivity contribution in [3.8, 4) is 0 Å². The van der Waals surface area contributed by atoms with Crippen LogP contribution in [0.15, 0.2) is 41.6 Å². The molecule has 3 unspecified atom stereocenters. The average Bonchev–Trinajstić information content (AvgIpc) is 3.09. The molecule has 1 aromatic rings. The van der Waals surface area contributed by atoms with E-state index in [4.69, 9.17) is 0 Å². The van der Waals surface area contributed by atoms with Crippen LogP contribution in [0.1, 0.15) is 80.8 Å². The fourth-order valence-electron chi connectivity index (χ4n) is 3.49. The molecular formula is C23H41N3O. The first kappa shape index (κ1) is 25.2. The molecule has 2 aliphatic heterocycles. The number of rotatable bonds is 2. The molecule has 154 valence electrons. The Labute approximate surface area is 167 Å². The fraction of sp³-hybridized carbons (Fsp3) is 0.609. The van der Waals surface area contributed by atoms with E-state index in [0.29, 0.717) is 0 Å². The molecule has 0 aliphatic carbocycles. The van der Waals surface area contributed by atoms with Gasteiger partial charge in [0.2, 0.25) is 0 Å². The van der Waals surface area contributed by atoms with Gasteiger partial charge < -0.3 is 9.80 Å². The smallest absolute Gasteiger partial charge is 0.254 e. The minimum absolute atomic E-state index is 0.0357. The molecule has 4 heteroatoms. The number of carbonyl (C=O) groups is 1. The summed E-state index contributed by atoms with van der Waals surface area (Å²) in [5, 5.41) is 3.64. The summed E-state index contributed by atoms with van der Waals surface area (Å²) in [7, 11) is 0. The van der Waals surface area contributed by atoms with E-state index in [1.54, 1.807) is 0 Å². The highest BCUT2D eigenvalue weighted by Gasteiger charge is 2.47. The van der Waals surface area contributed by atoms with Crippen molar-refractivity contribution in [3.63, 3.8) is 0 Å². The predicted octanol–water partition coefficient (Wildman–Crippen LogP) is 5.54. The van der Waals surface area contributed by atoms with Gasteiger partial charge in [-0.05, 0) is 33.3 Å². The molecule has 0 saturated carbocycles. The van der Waals surface area contributed by atoms with Gasteiger partial charge >= 0.3 is 0 Å². The second-order valence-corrected chi connectivity index (χ2v) is 5.88. The van der Waals surface area contributed by atoms with Gasteiger partial charge in [-0.25, -0.2) is 0 Å². The molecule has 1 fully saturated rings. The molecule has 1 saturated heterocycles. The highest BCUT2D eigenvalue weighted by atomic mass is 16.2. The third-order valence-electron chi connectivity index (χ3n) is 4.84. The number of benzene rings is 1. The van der Waals surface area contributed by atoms with Crippen molar-refractivity contribution >= 4 is 5.91 Å². The summed E-state index contributed by atoms with van der Waals surface area (Å²) in [5.74, 6) is 0.153. The molecule has 0 bridgehead atoms. The Morgan fingerprint density at radius 1 is 0.963 bits per heavy atom. The lowest BCUT2D eigenvalue weighted by Crippen LogP contribution is -2.56. The van der Waals surface area contributed by atoms with Crippen LogP contribution in [0.3, 0.4) is 0 Å². The highest BCUT2D eigenvalue weighted by Crippen LogP contribution is 2.36. The zero-order chi connectivity index (χ0) is 21.1. The molecule has 0 aromatic heterocycles. The van der Waals surface area contributed by atoms with E-state index >= 15 is 0 Å². The Bertz CT molecular complexity index is 583. The van der Waals surface area contributed by atoms with Crippen molar-refractivity contribution in [2.75, 3.05) is 6.54 Å². The molecule has 3 rings (SSSR count). The normalized spacial score (nSPS) is 23.3. The van der Waals surface area contributed by atoms with Crippen LogP contribution in [0, 0.1) is 0 Å². The molecule has 1 N–H and O–H groups in total. The summed E-state index contributed by atoms with van der Waals surface area (Å²) in [4.78, 5) is 16.9. The third-order valence-corrected chi connectivity index (χ3v) is 4.84. The van der Waals surface area contributed by atoms with Crippen LogP contribution in [0.5, 0.6) is 0 Å². The maximum absolute atomic E-state index is 12.7. The number of nitrogens with one attached hydrogen (secondary N) is 1. The van der Waals surface area contributed by atoms with Gasteiger partial charge in [-0.1, -0.05) is 71.9 Å². The van der Waals surface area contributed by atoms with Gasteiger partial charge in [0.15, 0.2) is 6.29 Å². The zero-order valence-electron chi connectivity index (χ0n) is 19.1. The number of carbonyl (C=O) groups excluding carboxylic acids is 1. The summed E-state index contributed by atoms with van der Waals surface area (Å²) >= 11 is 0. The van der Waals surface area contributed by atoms with Crippen molar-refractivity contribution < 1.29 is 4.79 Å². The Hall–Kier alpha value is -1.81. The van der Waals surface area contributed by atoms with Crippen LogP contribution in [0.4, 0.5) is 0 Å². The molecule has 1 amide bonds. The van der Waals surface area contributed by atoms with Crippen molar-refractivity contribution in [1.82, 2.24) is 15.1 Å². The zero-order valence-corrected chi connectivity index (χ0v) is 19.1. The van der Waals surface area contributed by atoms with Gasteiger partial charge in [0, 0.05) is 17.8 Å². The fourth-order valence-corrected chi connectivity index (χ4v) is 3.49. The van der Waals surface area contributed by atoms with Crippen LogP contribution in [-0.4, -0.2) is 34.6 Å². The van der Waals surface area contributed by atoms with Gasteiger partial charge in [-0.3, -0.25) is 10.1 Å². The van der Waals surface area contributed by atoms with Crippen molar-refractivity contribution in [1.29, 1.82) is 0 Å². The van der Waals surface area contributed by atoms with Crippen molar-refractivity contribution in [2.24, 2.45) is 0 Å². The second-order valence-electron chi connectivity index (χ2n) is 5.88. The standard InChI is InChI=1S/C17H23N3O.3C2H6/c1-5-19-12(3)11(2)16(21)20-13(4)15(18-17(19)20)14-9-7-6-8-10-14;3*1-2/h6-10,13,15,17-18H,5H2,1-4H3;3*1-2H3. The number of hydrogen-bond donors (Lipinski definition) is 1. The maximum atomic E-state index is 12.7. The molecule has 0 spiro atoms.